The van der Waals surface area contributed by atoms with Gasteiger partial charge in [-0.2, -0.15) is 0 Å². The molecule has 7 heteroatoms. The Kier molecular flexibility index (Phi) is 5.96. The maximum atomic E-state index is 12.1. The molecule has 5 nitrogen and oxygen atoms in total. The predicted molar refractivity (Wildman–Crippen MR) is 92.6 cm³/mol. The molecule has 1 aromatic heterocycles. The van der Waals surface area contributed by atoms with Crippen molar-refractivity contribution in [2.75, 3.05) is 36.9 Å². The maximum absolute atomic E-state index is 12.1. The third kappa shape index (κ3) is 3.93. The minimum absolute atomic E-state index is 0.133. The van der Waals surface area contributed by atoms with Crippen LogP contribution in [0.5, 0.6) is 0 Å². The highest BCUT2D eigenvalue weighted by molar-refractivity contribution is 7.99. The Morgan fingerprint density at radius 2 is 2.29 bits per heavy atom. The number of thioether (sulfide) groups is 1. The van der Waals surface area contributed by atoms with E-state index in [0.29, 0.717) is 23.2 Å². The van der Waals surface area contributed by atoms with E-state index in [4.69, 9.17) is 5.73 Å². The van der Waals surface area contributed by atoms with Gasteiger partial charge in [0.1, 0.15) is 9.88 Å². The van der Waals surface area contributed by atoms with Crippen LogP contribution in [0.25, 0.3) is 0 Å². The van der Waals surface area contributed by atoms with Gasteiger partial charge in [0.25, 0.3) is 5.91 Å². The lowest BCUT2D eigenvalue weighted by Crippen LogP contribution is -2.35. The number of rotatable bonds is 6. The van der Waals surface area contributed by atoms with Crippen LogP contribution >= 0.6 is 23.1 Å². The number of nitrogen functional groups attached to an aromatic ring is 1. The second-order valence-corrected chi connectivity index (χ2v) is 6.71. The van der Waals surface area contributed by atoms with Gasteiger partial charge in [0.05, 0.1) is 10.6 Å². The van der Waals surface area contributed by atoms with Gasteiger partial charge in [-0.05, 0) is 32.2 Å². The van der Waals surface area contributed by atoms with Crippen molar-refractivity contribution in [1.29, 1.82) is 0 Å². The van der Waals surface area contributed by atoms with Gasteiger partial charge in [0.15, 0.2) is 0 Å². The van der Waals surface area contributed by atoms with Crippen molar-refractivity contribution < 1.29 is 4.79 Å². The van der Waals surface area contributed by atoms with Gasteiger partial charge in [-0.3, -0.25) is 4.79 Å². The molecule has 0 aliphatic carbocycles. The molecule has 0 aromatic carbocycles. The second-order valence-electron chi connectivity index (χ2n) is 4.87. The molecule has 0 atom stereocenters. The molecule has 1 aromatic rings. The van der Waals surface area contributed by atoms with E-state index in [1.54, 1.807) is 17.8 Å². The summed E-state index contributed by atoms with van der Waals surface area (Å²) >= 11 is 3.02. The first-order chi connectivity index (χ1) is 10.2. The third-order valence-corrected chi connectivity index (χ3v) is 5.49. The molecule has 116 valence electrons. The average Bonchev–Trinajstić information content (AvgIpc) is 2.81. The first kappa shape index (κ1) is 16.2. The first-order valence-electron chi connectivity index (χ1n) is 7.00. The zero-order valence-electron chi connectivity index (χ0n) is 12.2. The lowest BCUT2D eigenvalue weighted by molar-refractivity contribution is 0.0963. The molecule has 0 unspecified atom stereocenters. The van der Waals surface area contributed by atoms with Crippen LogP contribution in [0.4, 0.5) is 10.7 Å². The van der Waals surface area contributed by atoms with E-state index in [1.165, 1.54) is 11.3 Å². The number of carbonyl (C=O) groups excluding carboxylic acids is 1. The minimum atomic E-state index is -0.133. The van der Waals surface area contributed by atoms with E-state index in [-0.39, 0.29) is 5.91 Å². The summed E-state index contributed by atoms with van der Waals surface area (Å²) < 4.78 is 0. The number of anilines is 2. The molecule has 5 N–H and O–H groups in total. The number of hydrogen-bond acceptors (Lipinski definition) is 6. The summed E-state index contributed by atoms with van der Waals surface area (Å²) in [6, 6.07) is 0.444. The Bertz CT molecular complexity index is 509. The first-order valence-corrected chi connectivity index (χ1v) is 9.04. The molecule has 2 rings (SSSR count). The molecule has 0 bridgehead atoms. The van der Waals surface area contributed by atoms with Crippen molar-refractivity contribution in [2.24, 2.45) is 0 Å². The molecular weight excluding hydrogens is 304 g/mol. The summed E-state index contributed by atoms with van der Waals surface area (Å²) in [4.78, 5) is 13.7. The Hall–Kier alpha value is -1.18. The van der Waals surface area contributed by atoms with Gasteiger partial charge in [-0.15, -0.1) is 29.7 Å². The van der Waals surface area contributed by atoms with Crippen molar-refractivity contribution >= 4 is 39.7 Å². The Morgan fingerprint density at radius 1 is 1.57 bits per heavy atom. The number of nitrogens with two attached hydrogens (primary N) is 1. The van der Waals surface area contributed by atoms with Crippen LogP contribution in [0.15, 0.2) is 17.6 Å². The van der Waals surface area contributed by atoms with E-state index >= 15 is 0 Å². The Labute approximate surface area is 133 Å². The van der Waals surface area contributed by atoms with Crippen LogP contribution in [0, 0.1) is 0 Å². The molecule has 1 saturated heterocycles. The molecular formula is C14H22N4OS2. The predicted octanol–water partition coefficient (Wildman–Crippen LogP) is 2.13. The number of nitrogens with one attached hydrogen (secondary N) is 3. The number of carbonyl (C=O) groups is 1. The topological polar surface area (TPSA) is 79.2 Å². The van der Waals surface area contributed by atoms with E-state index in [1.807, 2.05) is 6.26 Å². The average molecular weight is 326 g/mol. The highest BCUT2D eigenvalue weighted by Crippen LogP contribution is 2.42. The van der Waals surface area contributed by atoms with Gasteiger partial charge < -0.3 is 21.7 Å². The van der Waals surface area contributed by atoms with Gasteiger partial charge >= 0.3 is 0 Å². The van der Waals surface area contributed by atoms with E-state index in [9.17, 15) is 4.79 Å². The molecule has 1 aliphatic heterocycles. The van der Waals surface area contributed by atoms with Crippen LogP contribution in [0.2, 0.25) is 0 Å². The molecule has 21 heavy (non-hydrogen) atoms. The standard InChI is InChI=1S/C14H22N4OS2/c1-3-6-17-13(19)11-10(15)12(20-2)14(21-11)18-9-4-7-16-8-5-9/h3,9,16,18H,1,4-8,15H2,2H3,(H,17,19). The molecule has 2 heterocycles. The Balaban J connectivity index is 2.16. The normalized spacial score (nSPS) is 15.7. The fourth-order valence-electron chi connectivity index (χ4n) is 2.29. The quantitative estimate of drug-likeness (QED) is 0.476. The van der Waals surface area contributed by atoms with Crippen molar-refractivity contribution in [3.63, 3.8) is 0 Å². The molecule has 0 saturated carbocycles. The summed E-state index contributed by atoms with van der Waals surface area (Å²) in [6.07, 6.45) is 5.82. The largest absolute Gasteiger partial charge is 0.396 e. The van der Waals surface area contributed by atoms with Crippen molar-refractivity contribution in [1.82, 2.24) is 10.6 Å². The third-order valence-electron chi connectivity index (χ3n) is 3.39. The summed E-state index contributed by atoms with van der Waals surface area (Å²) in [5, 5.41) is 10.7. The van der Waals surface area contributed by atoms with Crippen molar-refractivity contribution in [3.8, 4) is 0 Å². The number of hydrogen-bond donors (Lipinski definition) is 4. The summed E-state index contributed by atoms with van der Waals surface area (Å²) in [6.45, 7) is 6.10. The fraction of sp³-hybridized carbons (Fsp3) is 0.500. The van der Waals surface area contributed by atoms with E-state index in [2.05, 4.69) is 22.5 Å². The van der Waals surface area contributed by atoms with Crippen LogP contribution in [0.1, 0.15) is 22.5 Å². The molecule has 1 aliphatic rings. The number of thiophene rings is 1. The molecule has 0 radical (unpaired) electrons. The minimum Gasteiger partial charge on any atom is -0.396 e. The summed E-state index contributed by atoms with van der Waals surface area (Å²) in [5.74, 6) is -0.133. The lowest BCUT2D eigenvalue weighted by atomic mass is 10.1. The van der Waals surface area contributed by atoms with Crippen LogP contribution < -0.4 is 21.7 Å². The lowest BCUT2D eigenvalue weighted by Gasteiger charge is -2.24. The van der Waals surface area contributed by atoms with Crippen LogP contribution in [0.3, 0.4) is 0 Å². The monoisotopic (exact) mass is 326 g/mol. The highest BCUT2D eigenvalue weighted by Gasteiger charge is 2.22. The summed E-state index contributed by atoms with van der Waals surface area (Å²) in [7, 11) is 0. The fourth-order valence-corrected chi connectivity index (χ4v) is 4.31. The zero-order chi connectivity index (χ0) is 15.2. The van der Waals surface area contributed by atoms with Crippen molar-refractivity contribution in [3.05, 3.63) is 17.5 Å². The number of amides is 1. The second kappa shape index (κ2) is 7.72. The van der Waals surface area contributed by atoms with E-state index in [0.717, 1.165) is 35.8 Å². The highest BCUT2D eigenvalue weighted by atomic mass is 32.2. The molecule has 1 amide bonds. The summed E-state index contributed by atoms with van der Waals surface area (Å²) in [5.41, 5.74) is 6.72. The van der Waals surface area contributed by atoms with Gasteiger partial charge in [-0.25, -0.2) is 0 Å². The smallest absolute Gasteiger partial charge is 0.263 e. The van der Waals surface area contributed by atoms with Gasteiger partial charge in [0, 0.05) is 12.6 Å². The molecule has 1 fully saturated rings. The maximum Gasteiger partial charge on any atom is 0.263 e. The number of piperidine rings is 1. The van der Waals surface area contributed by atoms with E-state index < -0.39 is 0 Å². The molecule has 0 spiro atoms. The van der Waals surface area contributed by atoms with Crippen molar-refractivity contribution in [2.45, 2.75) is 23.8 Å². The zero-order valence-corrected chi connectivity index (χ0v) is 13.8. The van der Waals surface area contributed by atoms with Gasteiger partial charge in [0.2, 0.25) is 0 Å². The van der Waals surface area contributed by atoms with Crippen LogP contribution in [-0.2, 0) is 0 Å². The van der Waals surface area contributed by atoms with Gasteiger partial charge in [-0.1, -0.05) is 6.08 Å². The SMILES string of the molecule is C=CCNC(=O)c1sc(NC2CCNCC2)c(SC)c1N. The van der Waals surface area contributed by atoms with Crippen LogP contribution in [-0.4, -0.2) is 37.8 Å². The Morgan fingerprint density at radius 3 is 2.90 bits per heavy atom.